The van der Waals surface area contributed by atoms with Gasteiger partial charge in [-0.2, -0.15) is 0 Å². The van der Waals surface area contributed by atoms with Crippen molar-refractivity contribution in [3.63, 3.8) is 0 Å². The Balaban J connectivity index is 2.08. The topological polar surface area (TPSA) is 98.1 Å². The SMILES string of the molecule is O=C(O)C1CCCN1C(=O)Cc1ccc(O)c(O)c1. The number of amides is 1. The standard InChI is InChI=1S/C13H15NO5/c15-10-4-3-8(6-11(10)16)7-12(17)14-5-1-2-9(14)13(18)19/h3-4,6,9,15-16H,1-2,5,7H2,(H,18,19). The van der Waals surface area contributed by atoms with Crippen molar-refractivity contribution < 1.29 is 24.9 Å². The largest absolute Gasteiger partial charge is 0.504 e. The van der Waals surface area contributed by atoms with E-state index in [2.05, 4.69) is 0 Å². The third-order valence-electron chi connectivity index (χ3n) is 3.25. The van der Waals surface area contributed by atoms with Crippen LogP contribution >= 0.6 is 0 Å². The Kier molecular flexibility index (Phi) is 3.59. The second kappa shape index (κ2) is 5.17. The van der Waals surface area contributed by atoms with Crippen LogP contribution in [-0.4, -0.2) is 44.7 Å². The van der Waals surface area contributed by atoms with E-state index in [0.717, 1.165) is 0 Å². The molecule has 3 N–H and O–H groups in total. The van der Waals surface area contributed by atoms with Gasteiger partial charge in [0, 0.05) is 6.54 Å². The Bertz CT molecular complexity index is 514. The summed E-state index contributed by atoms with van der Waals surface area (Å²) < 4.78 is 0. The van der Waals surface area contributed by atoms with Crippen molar-refractivity contribution in [3.05, 3.63) is 23.8 Å². The number of rotatable bonds is 3. The van der Waals surface area contributed by atoms with Crippen molar-refractivity contribution in [2.24, 2.45) is 0 Å². The summed E-state index contributed by atoms with van der Waals surface area (Å²) in [4.78, 5) is 24.4. The molecule has 0 spiro atoms. The first-order valence-electron chi connectivity index (χ1n) is 6.02. The molecule has 1 aromatic carbocycles. The summed E-state index contributed by atoms with van der Waals surface area (Å²) in [5.74, 6) is -1.81. The van der Waals surface area contributed by atoms with E-state index in [1.807, 2.05) is 0 Å². The van der Waals surface area contributed by atoms with Crippen LogP contribution in [0.1, 0.15) is 18.4 Å². The van der Waals surface area contributed by atoms with Crippen LogP contribution in [-0.2, 0) is 16.0 Å². The highest BCUT2D eigenvalue weighted by Gasteiger charge is 2.33. The van der Waals surface area contributed by atoms with E-state index < -0.39 is 12.0 Å². The van der Waals surface area contributed by atoms with Gasteiger partial charge >= 0.3 is 5.97 Å². The summed E-state index contributed by atoms with van der Waals surface area (Å²) in [6, 6.07) is 3.38. The molecule has 0 aromatic heterocycles. The molecule has 1 fully saturated rings. The van der Waals surface area contributed by atoms with Crippen LogP contribution in [0.25, 0.3) is 0 Å². The van der Waals surface area contributed by atoms with E-state index in [1.54, 1.807) is 0 Å². The maximum atomic E-state index is 12.0. The van der Waals surface area contributed by atoms with Crippen LogP contribution in [0.3, 0.4) is 0 Å². The molecular weight excluding hydrogens is 250 g/mol. The van der Waals surface area contributed by atoms with Crippen LogP contribution in [0, 0.1) is 0 Å². The van der Waals surface area contributed by atoms with Gasteiger partial charge in [-0.25, -0.2) is 4.79 Å². The van der Waals surface area contributed by atoms with E-state index in [0.29, 0.717) is 24.9 Å². The molecule has 0 bridgehead atoms. The number of aliphatic carboxylic acids is 1. The van der Waals surface area contributed by atoms with Gasteiger partial charge in [0.15, 0.2) is 11.5 Å². The highest BCUT2D eigenvalue weighted by molar-refractivity contribution is 5.85. The molecule has 1 aromatic rings. The zero-order valence-corrected chi connectivity index (χ0v) is 10.2. The van der Waals surface area contributed by atoms with E-state index in [1.165, 1.54) is 23.1 Å². The lowest BCUT2D eigenvalue weighted by atomic mass is 10.1. The number of carboxylic acids is 1. The fourth-order valence-electron chi connectivity index (χ4n) is 2.28. The minimum Gasteiger partial charge on any atom is -0.504 e. The summed E-state index contributed by atoms with van der Waals surface area (Å²) in [5.41, 5.74) is 0.538. The number of carbonyl (C=O) groups excluding carboxylic acids is 1. The molecule has 1 aliphatic rings. The van der Waals surface area contributed by atoms with Gasteiger partial charge in [0.2, 0.25) is 5.91 Å². The molecule has 2 rings (SSSR count). The average molecular weight is 265 g/mol. The normalized spacial score (nSPS) is 18.5. The lowest BCUT2D eigenvalue weighted by molar-refractivity contribution is -0.148. The molecule has 0 radical (unpaired) electrons. The minimum absolute atomic E-state index is 0.0115. The number of likely N-dealkylation sites (tertiary alicyclic amines) is 1. The fraction of sp³-hybridized carbons (Fsp3) is 0.385. The second-order valence-electron chi connectivity index (χ2n) is 4.58. The number of hydrogen-bond acceptors (Lipinski definition) is 4. The summed E-state index contributed by atoms with van der Waals surface area (Å²) in [6.07, 6.45) is 1.17. The second-order valence-corrected chi connectivity index (χ2v) is 4.58. The Morgan fingerprint density at radius 3 is 2.63 bits per heavy atom. The minimum atomic E-state index is -0.987. The summed E-state index contributed by atoms with van der Waals surface area (Å²) in [5, 5.41) is 27.5. The lowest BCUT2D eigenvalue weighted by Gasteiger charge is -2.21. The predicted octanol–water partition coefficient (Wildman–Crippen LogP) is 0.716. The predicted molar refractivity (Wildman–Crippen MR) is 65.8 cm³/mol. The number of phenols is 2. The van der Waals surface area contributed by atoms with Gasteiger partial charge in [0.1, 0.15) is 6.04 Å². The zero-order chi connectivity index (χ0) is 14.0. The van der Waals surface area contributed by atoms with Gasteiger partial charge < -0.3 is 20.2 Å². The molecule has 1 aliphatic heterocycles. The first-order valence-corrected chi connectivity index (χ1v) is 6.02. The molecular formula is C13H15NO5. The average Bonchev–Trinajstić information content (AvgIpc) is 2.83. The number of nitrogens with zero attached hydrogens (tertiary/aromatic N) is 1. The van der Waals surface area contributed by atoms with Crippen molar-refractivity contribution in [1.29, 1.82) is 0 Å². The highest BCUT2D eigenvalue weighted by atomic mass is 16.4. The van der Waals surface area contributed by atoms with Gasteiger partial charge in [-0.3, -0.25) is 4.79 Å². The first kappa shape index (κ1) is 13.2. The molecule has 0 saturated carbocycles. The monoisotopic (exact) mass is 265 g/mol. The van der Waals surface area contributed by atoms with Crippen LogP contribution in [0.4, 0.5) is 0 Å². The first-order chi connectivity index (χ1) is 8.99. The maximum absolute atomic E-state index is 12.0. The quantitative estimate of drug-likeness (QED) is 0.699. The van der Waals surface area contributed by atoms with Gasteiger partial charge in [0.05, 0.1) is 6.42 Å². The molecule has 0 aliphatic carbocycles. The van der Waals surface area contributed by atoms with Gasteiger partial charge in [0.25, 0.3) is 0 Å². The smallest absolute Gasteiger partial charge is 0.326 e. The molecule has 6 heteroatoms. The van der Waals surface area contributed by atoms with Crippen LogP contribution in [0.2, 0.25) is 0 Å². The van der Waals surface area contributed by atoms with E-state index in [-0.39, 0.29) is 23.8 Å². The molecule has 1 unspecified atom stereocenters. The lowest BCUT2D eigenvalue weighted by Crippen LogP contribution is -2.41. The van der Waals surface area contributed by atoms with Gasteiger partial charge in [-0.15, -0.1) is 0 Å². The number of phenolic OH excluding ortho intramolecular Hbond substituents is 2. The van der Waals surface area contributed by atoms with E-state index in [9.17, 15) is 19.8 Å². The number of benzene rings is 1. The van der Waals surface area contributed by atoms with Gasteiger partial charge in [-0.1, -0.05) is 6.07 Å². The maximum Gasteiger partial charge on any atom is 0.326 e. The Labute approximate surface area is 109 Å². The van der Waals surface area contributed by atoms with Crippen molar-refractivity contribution in [3.8, 4) is 11.5 Å². The number of aromatic hydroxyl groups is 2. The third-order valence-corrected chi connectivity index (χ3v) is 3.25. The molecule has 19 heavy (non-hydrogen) atoms. The Morgan fingerprint density at radius 1 is 1.26 bits per heavy atom. The molecule has 102 valence electrons. The van der Waals surface area contributed by atoms with E-state index in [4.69, 9.17) is 5.11 Å². The van der Waals surface area contributed by atoms with Crippen LogP contribution in [0.5, 0.6) is 11.5 Å². The van der Waals surface area contributed by atoms with Gasteiger partial charge in [-0.05, 0) is 30.5 Å². The Morgan fingerprint density at radius 2 is 2.00 bits per heavy atom. The number of carbonyl (C=O) groups is 2. The number of carboxylic acid groups (broad SMARTS) is 1. The molecule has 1 atom stereocenters. The van der Waals surface area contributed by atoms with Crippen molar-refractivity contribution >= 4 is 11.9 Å². The Hall–Kier alpha value is -2.24. The number of hydrogen-bond donors (Lipinski definition) is 3. The summed E-state index contributed by atoms with van der Waals surface area (Å²) >= 11 is 0. The summed E-state index contributed by atoms with van der Waals surface area (Å²) in [6.45, 7) is 0.444. The van der Waals surface area contributed by atoms with Crippen LogP contribution in [0.15, 0.2) is 18.2 Å². The third kappa shape index (κ3) is 2.78. The zero-order valence-electron chi connectivity index (χ0n) is 10.2. The molecule has 1 amide bonds. The summed E-state index contributed by atoms with van der Waals surface area (Å²) in [7, 11) is 0. The van der Waals surface area contributed by atoms with Crippen molar-refractivity contribution in [2.75, 3.05) is 6.54 Å². The highest BCUT2D eigenvalue weighted by Crippen LogP contribution is 2.26. The molecule has 6 nitrogen and oxygen atoms in total. The van der Waals surface area contributed by atoms with E-state index >= 15 is 0 Å². The van der Waals surface area contributed by atoms with Crippen LogP contribution < -0.4 is 0 Å². The van der Waals surface area contributed by atoms with Crippen molar-refractivity contribution in [2.45, 2.75) is 25.3 Å². The fourth-order valence-corrected chi connectivity index (χ4v) is 2.28. The van der Waals surface area contributed by atoms with Crippen molar-refractivity contribution in [1.82, 2.24) is 4.90 Å². The molecule has 1 saturated heterocycles. The molecule has 1 heterocycles.